The quantitative estimate of drug-likeness (QED) is 0.0537. The molecule has 0 spiro atoms. The molecule has 0 saturated heterocycles. The Hall–Kier alpha value is -1.34. The van der Waals surface area contributed by atoms with Crippen LogP contribution in [0.5, 0.6) is 0 Å². The molecule has 0 N–H and O–H groups in total. The summed E-state index contributed by atoms with van der Waals surface area (Å²) in [5, 5.41) is 0. The van der Waals surface area contributed by atoms with Crippen molar-refractivity contribution in [2.45, 2.75) is 111 Å². The molecular weight excluding hydrogens is 608 g/mol. The van der Waals surface area contributed by atoms with Crippen LogP contribution in [0.3, 0.4) is 0 Å². The van der Waals surface area contributed by atoms with E-state index in [1.54, 1.807) is 0 Å². The summed E-state index contributed by atoms with van der Waals surface area (Å²) in [7, 11) is 0. The van der Waals surface area contributed by atoms with Gasteiger partial charge in [0.25, 0.3) is 0 Å². The summed E-state index contributed by atoms with van der Waals surface area (Å²) in [6.45, 7) is 13.4. The number of unbranched alkanes of at least 4 members (excludes halogenated alkanes) is 9. The zero-order valence-electron chi connectivity index (χ0n) is 30.3. The second-order valence-corrected chi connectivity index (χ2v) is 11.5. The molecule has 0 rings (SSSR count). The molecule has 47 heavy (non-hydrogen) atoms. The Bertz CT molecular complexity index is 650. The van der Waals surface area contributed by atoms with Gasteiger partial charge in [0, 0.05) is 6.42 Å². The molecule has 0 aromatic rings. The topological polar surface area (TPSA) is 117 Å². The molecule has 1 atom stereocenters. The van der Waals surface area contributed by atoms with Gasteiger partial charge >= 0.3 is 11.9 Å². The van der Waals surface area contributed by atoms with Gasteiger partial charge < -0.3 is 42.6 Å². The van der Waals surface area contributed by atoms with Crippen molar-refractivity contribution in [3.05, 3.63) is 0 Å². The predicted molar refractivity (Wildman–Crippen MR) is 183 cm³/mol. The molecule has 0 aliphatic heterocycles. The molecule has 0 aromatic heterocycles. The molecule has 0 radical (unpaired) electrons. The monoisotopic (exact) mass is 678 g/mol. The van der Waals surface area contributed by atoms with Crippen molar-refractivity contribution in [2.24, 2.45) is 5.92 Å². The third-order valence-corrected chi connectivity index (χ3v) is 7.41. The summed E-state index contributed by atoms with van der Waals surface area (Å²) in [6, 6.07) is 0. The summed E-state index contributed by atoms with van der Waals surface area (Å²) in [4.78, 5) is 23.8. The molecule has 1 unspecified atom stereocenters. The number of carbonyl (C=O) groups is 2. The van der Waals surface area contributed by atoms with Crippen LogP contribution >= 0.6 is 0 Å². The summed E-state index contributed by atoms with van der Waals surface area (Å²) >= 11 is 0. The highest BCUT2D eigenvalue weighted by molar-refractivity contribution is 5.72. The van der Waals surface area contributed by atoms with Crippen molar-refractivity contribution in [2.75, 3.05) is 106 Å². The molecule has 0 aliphatic carbocycles. The van der Waals surface area contributed by atoms with Gasteiger partial charge in [0.1, 0.15) is 13.2 Å². The maximum absolute atomic E-state index is 12.0. The number of ether oxygens (including phenoxy) is 9. The lowest BCUT2D eigenvalue weighted by molar-refractivity contribution is -0.150. The van der Waals surface area contributed by atoms with Crippen molar-refractivity contribution >= 4 is 11.9 Å². The van der Waals surface area contributed by atoms with E-state index in [2.05, 4.69) is 13.8 Å². The molecule has 0 amide bonds. The number of rotatable bonds is 39. The average molecular weight is 679 g/mol. The Kier molecular flexibility index (Phi) is 38.0. The summed E-state index contributed by atoms with van der Waals surface area (Å²) in [6.07, 6.45) is 15.4. The number of esters is 2. The van der Waals surface area contributed by atoms with E-state index in [9.17, 15) is 9.59 Å². The summed E-state index contributed by atoms with van der Waals surface area (Å²) in [5.41, 5.74) is 0. The van der Waals surface area contributed by atoms with Gasteiger partial charge in [0.05, 0.1) is 98.4 Å². The first kappa shape index (κ1) is 45.7. The number of hydrogen-bond donors (Lipinski definition) is 0. The van der Waals surface area contributed by atoms with Crippen LogP contribution in [0.15, 0.2) is 0 Å². The van der Waals surface area contributed by atoms with E-state index >= 15 is 0 Å². The highest BCUT2D eigenvalue weighted by Crippen LogP contribution is 2.14. The largest absolute Gasteiger partial charge is 0.463 e. The molecule has 0 heterocycles. The third-order valence-electron chi connectivity index (χ3n) is 7.41. The Morgan fingerprint density at radius 1 is 0.404 bits per heavy atom. The molecular formula is C36H70O11. The minimum atomic E-state index is -0.138. The van der Waals surface area contributed by atoms with E-state index in [0.29, 0.717) is 98.9 Å². The molecule has 0 aliphatic rings. The molecule has 280 valence electrons. The van der Waals surface area contributed by atoms with Crippen molar-refractivity contribution in [3.8, 4) is 0 Å². The molecule has 0 aromatic carbocycles. The van der Waals surface area contributed by atoms with Crippen LogP contribution in [0.4, 0.5) is 0 Å². The van der Waals surface area contributed by atoms with Gasteiger partial charge in [0.15, 0.2) is 0 Å². The van der Waals surface area contributed by atoms with Crippen LogP contribution in [-0.4, -0.2) is 118 Å². The van der Waals surface area contributed by atoms with Crippen LogP contribution < -0.4 is 0 Å². The first-order chi connectivity index (χ1) is 23.2. The standard InChI is InChI=1S/C36H70O11/c1-4-7-9-10-11-12-13-14-15-17-35(37)46-32-30-44-28-26-42-24-22-40-20-18-39-19-21-41-23-25-43-27-29-45-31-33-47-36(38)34(6-3)16-8-5-2/h34H,4-33H2,1-3H3. The second-order valence-electron chi connectivity index (χ2n) is 11.5. The van der Waals surface area contributed by atoms with Crippen molar-refractivity contribution < 1.29 is 52.2 Å². The Morgan fingerprint density at radius 3 is 1.13 bits per heavy atom. The fraction of sp³-hybridized carbons (Fsp3) is 0.944. The molecule has 0 saturated carbocycles. The van der Waals surface area contributed by atoms with E-state index in [0.717, 1.165) is 38.5 Å². The van der Waals surface area contributed by atoms with E-state index in [1.165, 1.54) is 44.9 Å². The summed E-state index contributed by atoms with van der Waals surface area (Å²) in [5.74, 6) is -0.262. The fourth-order valence-corrected chi connectivity index (χ4v) is 4.55. The zero-order chi connectivity index (χ0) is 34.3. The van der Waals surface area contributed by atoms with Crippen LogP contribution in [-0.2, 0) is 52.2 Å². The van der Waals surface area contributed by atoms with E-state index in [1.807, 2.05) is 6.92 Å². The molecule has 11 nitrogen and oxygen atoms in total. The van der Waals surface area contributed by atoms with Gasteiger partial charge in [-0.3, -0.25) is 9.59 Å². The molecule has 11 heteroatoms. The van der Waals surface area contributed by atoms with E-state index in [4.69, 9.17) is 42.6 Å². The highest BCUT2D eigenvalue weighted by Gasteiger charge is 2.17. The normalized spacial score (nSPS) is 12.0. The lowest BCUT2D eigenvalue weighted by atomic mass is 10.00. The first-order valence-electron chi connectivity index (χ1n) is 18.5. The van der Waals surface area contributed by atoms with Gasteiger partial charge in [-0.15, -0.1) is 0 Å². The van der Waals surface area contributed by atoms with Gasteiger partial charge in [-0.2, -0.15) is 0 Å². The predicted octanol–water partition coefficient (Wildman–Crippen LogP) is 6.33. The van der Waals surface area contributed by atoms with E-state index in [-0.39, 0.29) is 31.1 Å². The SMILES string of the molecule is CCCCCCCCCCCC(=O)OCCOCCOCCOCCOCCOCCOCCOCCOC(=O)C(CC)CCCC. The minimum Gasteiger partial charge on any atom is -0.463 e. The van der Waals surface area contributed by atoms with Crippen LogP contribution in [0.25, 0.3) is 0 Å². The maximum Gasteiger partial charge on any atom is 0.308 e. The average Bonchev–Trinajstić information content (AvgIpc) is 3.07. The van der Waals surface area contributed by atoms with Crippen molar-refractivity contribution in [3.63, 3.8) is 0 Å². The lowest BCUT2D eigenvalue weighted by Gasteiger charge is -2.13. The van der Waals surface area contributed by atoms with Crippen LogP contribution in [0.1, 0.15) is 111 Å². The molecule has 0 fully saturated rings. The smallest absolute Gasteiger partial charge is 0.308 e. The minimum absolute atomic E-state index is 0.00369. The van der Waals surface area contributed by atoms with Gasteiger partial charge in [-0.25, -0.2) is 0 Å². The maximum atomic E-state index is 12.0. The van der Waals surface area contributed by atoms with E-state index < -0.39 is 0 Å². The van der Waals surface area contributed by atoms with Gasteiger partial charge in [0.2, 0.25) is 0 Å². The van der Waals surface area contributed by atoms with Crippen LogP contribution in [0.2, 0.25) is 0 Å². The Balaban J connectivity index is 3.21. The highest BCUT2D eigenvalue weighted by atomic mass is 16.6. The number of hydrogen-bond acceptors (Lipinski definition) is 11. The first-order valence-corrected chi connectivity index (χ1v) is 18.5. The van der Waals surface area contributed by atoms with Crippen LogP contribution in [0, 0.1) is 5.92 Å². The lowest BCUT2D eigenvalue weighted by Crippen LogP contribution is -2.20. The second kappa shape index (κ2) is 39.1. The fourth-order valence-electron chi connectivity index (χ4n) is 4.55. The third kappa shape index (κ3) is 35.8. The van der Waals surface area contributed by atoms with Crippen molar-refractivity contribution in [1.29, 1.82) is 0 Å². The number of carbonyl (C=O) groups excluding carboxylic acids is 2. The Labute approximate surface area is 286 Å². The van der Waals surface area contributed by atoms with Gasteiger partial charge in [-0.05, 0) is 19.3 Å². The van der Waals surface area contributed by atoms with Gasteiger partial charge in [-0.1, -0.05) is 85.0 Å². The van der Waals surface area contributed by atoms with Crippen molar-refractivity contribution in [1.82, 2.24) is 0 Å². The summed E-state index contributed by atoms with van der Waals surface area (Å²) < 4.78 is 48.8. The Morgan fingerprint density at radius 2 is 0.745 bits per heavy atom. The molecule has 0 bridgehead atoms. The zero-order valence-corrected chi connectivity index (χ0v) is 30.3.